The van der Waals surface area contributed by atoms with Crippen LogP contribution in [0.1, 0.15) is 10.4 Å². The molecule has 24 heavy (non-hydrogen) atoms. The molecular formula is C18H14N2O4. The molecule has 1 aromatic heterocycles. The van der Waals surface area contributed by atoms with Gasteiger partial charge in [0.2, 0.25) is 0 Å². The Kier molecular flexibility index (Phi) is 4.08. The van der Waals surface area contributed by atoms with Gasteiger partial charge in [-0.1, -0.05) is 5.92 Å². The normalized spacial score (nSPS) is 10.3. The number of fused-ring (bicyclic) bond motifs is 1. The maximum atomic E-state index is 11.1. The lowest BCUT2D eigenvalue weighted by Gasteiger charge is -2.09. The van der Waals surface area contributed by atoms with Gasteiger partial charge in [0.1, 0.15) is 23.9 Å². The van der Waals surface area contributed by atoms with Crippen LogP contribution in [0.15, 0.2) is 36.4 Å². The minimum atomic E-state index is -0.993. The fourth-order valence-electron chi connectivity index (χ4n) is 2.34. The second-order valence-corrected chi connectivity index (χ2v) is 4.98. The molecule has 2 aromatic carbocycles. The number of aromatic carboxylic acids is 1. The zero-order valence-corrected chi connectivity index (χ0v) is 12.9. The summed E-state index contributed by atoms with van der Waals surface area (Å²) in [6.45, 7) is 0.128. The van der Waals surface area contributed by atoms with Gasteiger partial charge in [-0.25, -0.2) is 9.78 Å². The first-order valence-electron chi connectivity index (χ1n) is 7.10. The summed E-state index contributed by atoms with van der Waals surface area (Å²) in [5.74, 6) is 3.17. The molecule has 6 nitrogen and oxygen atoms in total. The van der Waals surface area contributed by atoms with Gasteiger partial charge in [0, 0.05) is 0 Å². The van der Waals surface area contributed by atoms with E-state index in [1.807, 2.05) is 0 Å². The summed E-state index contributed by atoms with van der Waals surface area (Å²) >= 11 is 0. The maximum Gasteiger partial charge on any atom is 0.335 e. The van der Waals surface area contributed by atoms with Crippen LogP contribution in [0.4, 0.5) is 0 Å². The number of imidazole rings is 1. The first kappa shape index (κ1) is 15.4. The summed E-state index contributed by atoms with van der Waals surface area (Å²) in [7, 11) is 1.57. The number of hydrogen-bond donors (Lipinski definition) is 2. The van der Waals surface area contributed by atoms with Crippen molar-refractivity contribution in [1.29, 1.82) is 0 Å². The van der Waals surface area contributed by atoms with Crippen LogP contribution in [0.3, 0.4) is 0 Å². The van der Waals surface area contributed by atoms with Crippen molar-refractivity contribution < 1.29 is 19.4 Å². The molecule has 3 aromatic rings. The summed E-state index contributed by atoms with van der Waals surface area (Å²) in [4.78, 5) is 18.7. The molecule has 0 aliphatic carbocycles. The van der Waals surface area contributed by atoms with E-state index in [1.54, 1.807) is 31.4 Å². The van der Waals surface area contributed by atoms with E-state index in [0.717, 1.165) is 0 Å². The predicted octanol–water partition coefficient (Wildman–Crippen LogP) is 2.95. The minimum absolute atomic E-state index is 0.128. The van der Waals surface area contributed by atoms with Crippen molar-refractivity contribution in [2.45, 2.75) is 0 Å². The highest BCUT2D eigenvalue weighted by Gasteiger charge is 2.14. The van der Waals surface area contributed by atoms with Gasteiger partial charge in [-0.2, -0.15) is 0 Å². The number of hydrogen-bond acceptors (Lipinski definition) is 4. The third kappa shape index (κ3) is 2.88. The van der Waals surface area contributed by atoms with Crippen LogP contribution >= 0.6 is 0 Å². The molecule has 0 unspecified atom stereocenters. The van der Waals surface area contributed by atoms with Crippen molar-refractivity contribution in [1.82, 2.24) is 9.97 Å². The number of methoxy groups -OCH3 is 1. The molecule has 0 aliphatic rings. The molecule has 6 heteroatoms. The lowest BCUT2D eigenvalue weighted by atomic mass is 10.2. The van der Waals surface area contributed by atoms with Gasteiger partial charge in [-0.15, -0.1) is 6.42 Å². The summed E-state index contributed by atoms with van der Waals surface area (Å²) in [6, 6.07) is 10.00. The van der Waals surface area contributed by atoms with Gasteiger partial charge < -0.3 is 19.6 Å². The van der Waals surface area contributed by atoms with Gasteiger partial charge in [-0.05, 0) is 36.4 Å². The highest BCUT2D eigenvalue weighted by molar-refractivity contribution is 5.93. The second-order valence-electron chi connectivity index (χ2n) is 4.98. The lowest BCUT2D eigenvalue weighted by Crippen LogP contribution is -1.97. The molecule has 0 amide bonds. The molecular weight excluding hydrogens is 308 g/mol. The smallest absolute Gasteiger partial charge is 0.335 e. The van der Waals surface area contributed by atoms with Gasteiger partial charge in [-0.3, -0.25) is 0 Å². The van der Waals surface area contributed by atoms with Gasteiger partial charge in [0.15, 0.2) is 0 Å². The number of nitrogens with one attached hydrogen (secondary N) is 1. The molecule has 0 atom stereocenters. The van der Waals surface area contributed by atoms with Crippen molar-refractivity contribution in [3.8, 4) is 35.2 Å². The van der Waals surface area contributed by atoms with Crippen LogP contribution in [0.25, 0.3) is 22.4 Å². The van der Waals surface area contributed by atoms with E-state index in [1.165, 1.54) is 12.1 Å². The van der Waals surface area contributed by atoms with Gasteiger partial charge >= 0.3 is 5.97 Å². The average Bonchev–Trinajstić information content (AvgIpc) is 3.02. The van der Waals surface area contributed by atoms with E-state index < -0.39 is 5.97 Å². The third-order valence-corrected chi connectivity index (χ3v) is 3.48. The molecule has 2 N–H and O–H groups in total. The molecule has 0 spiro atoms. The molecule has 0 bridgehead atoms. The van der Waals surface area contributed by atoms with Crippen LogP contribution in [0, 0.1) is 12.3 Å². The number of nitrogens with zero attached hydrogens (tertiary/aromatic N) is 1. The number of H-pyrrole nitrogens is 1. The van der Waals surface area contributed by atoms with E-state index in [4.69, 9.17) is 21.0 Å². The molecule has 0 fully saturated rings. The number of rotatable bonds is 5. The van der Waals surface area contributed by atoms with Crippen molar-refractivity contribution in [3.63, 3.8) is 0 Å². The van der Waals surface area contributed by atoms with Crippen LogP contribution in [-0.2, 0) is 0 Å². The van der Waals surface area contributed by atoms with Crippen LogP contribution in [0.5, 0.6) is 11.5 Å². The Morgan fingerprint density at radius 2 is 2.17 bits per heavy atom. The largest absolute Gasteiger partial charge is 0.497 e. The van der Waals surface area contributed by atoms with E-state index in [0.29, 0.717) is 33.9 Å². The van der Waals surface area contributed by atoms with Crippen LogP contribution in [-0.4, -0.2) is 34.8 Å². The second kappa shape index (κ2) is 6.34. The number of benzene rings is 2. The fourth-order valence-corrected chi connectivity index (χ4v) is 2.34. The third-order valence-electron chi connectivity index (χ3n) is 3.48. The van der Waals surface area contributed by atoms with Crippen molar-refractivity contribution in [3.05, 3.63) is 42.0 Å². The summed E-state index contributed by atoms with van der Waals surface area (Å²) in [6.07, 6.45) is 5.25. The van der Waals surface area contributed by atoms with Crippen LogP contribution < -0.4 is 9.47 Å². The molecule has 1 heterocycles. The Bertz CT molecular complexity index is 953. The molecule has 0 saturated heterocycles. The quantitative estimate of drug-likeness (QED) is 0.706. The molecule has 0 saturated carbocycles. The number of carbonyl (C=O) groups is 1. The molecule has 120 valence electrons. The SMILES string of the molecule is C#CCOc1ccc(OC)cc1-c1nc2ccc(C(=O)O)cc2[nH]1. The Hall–Kier alpha value is -3.46. The molecule has 3 rings (SSSR count). The van der Waals surface area contributed by atoms with E-state index in [9.17, 15) is 4.79 Å². The highest BCUT2D eigenvalue weighted by atomic mass is 16.5. The number of terminal acetylenes is 1. The Morgan fingerprint density at radius 1 is 1.33 bits per heavy atom. The first-order chi connectivity index (χ1) is 11.6. The number of carboxylic acids is 1. The molecule has 0 radical (unpaired) electrons. The highest BCUT2D eigenvalue weighted by Crippen LogP contribution is 2.33. The molecule has 0 aliphatic heterocycles. The summed E-state index contributed by atoms with van der Waals surface area (Å²) in [5, 5.41) is 9.09. The zero-order chi connectivity index (χ0) is 17.1. The van der Waals surface area contributed by atoms with Crippen molar-refractivity contribution in [2.75, 3.05) is 13.7 Å². The topological polar surface area (TPSA) is 84.4 Å². The average molecular weight is 322 g/mol. The predicted molar refractivity (Wildman–Crippen MR) is 89.4 cm³/mol. The Morgan fingerprint density at radius 3 is 2.88 bits per heavy atom. The van der Waals surface area contributed by atoms with Gasteiger partial charge in [0.25, 0.3) is 0 Å². The monoisotopic (exact) mass is 322 g/mol. The minimum Gasteiger partial charge on any atom is -0.497 e. The number of aromatic nitrogens is 2. The fraction of sp³-hybridized carbons (Fsp3) is 0.111. The zero-order valence-electron chi connectivity index (χ0n) is 12.9. The maximum absolute atomic E-state index is 11.1. The van der Waals surface area contributed by atoms with Crippen molar-refractivity contribution in [2.24, 2.45) is 0 Å². The Balaban J connectivity index is 2.11. The standard InChI is InChI=1S/C18H14N2O4/c1-3-8-24-16-7-5-12(23-2)10-13(16)17-19-14-6-4-11(18(21)22)9-15(14)20-17/h1,4-7,9-10H,8H2,2H3,(H,19,20)(H,21,22). The lowest BCUT2D eigenvalue weighted by molar-refractivity contribution is 0.0697. The van der Waals surface area contributed by atoms with Crippen molar-refractivity contribution >= 4 is 17.0 Å². The van der Waals surface area contributed by atoms with E-state index >= 15 is 0 Å². The summed E-state index contributed by atoms with van der Waals surface area (Å²) in [5.41, 5.74) is 2.14. The number of ether oxygens (including phenoxy) is 2. The van der Waals surface area contributed by atoms with E-state index in [2.05, 4.69) is 15.9 Å². The van der Waals surface area contributed by atoms with Gasteiger partial charge in [0.05, 0.1) is 29.3 Å². The van der Waals surface area contributed by atoms with E-state index in [-0.39, 0.29) is 12.2 Å². The number of carboxylic acid groups (broad SMARTS) is 1. The van der Waals surface area contributed by atoms with Crippen LogP contribution in [0.2, 0.25) is 0 Å². The summed E-state index contributed by atoms with van der Waals surface area (Å²) < 4.78 is 10.8. The first-order valence-corrected chi connectivity index (χ1v) is 7.10. The number of aromatic amines is 1. The Labute approximate surface area is 138 Å².